The molecule has 0 amide bonds. The number of carbonyl (C=O) groups is 1. The van der Waals surface area contributed by atoms with Crippen LogP contribution in [0.5, 0.6) is 0 Å². The second-order valence-corrected chi connectivity index (χ2v) is 3.84. The summed E-state index contributed by atoms with van der Waals surface area (Å²) >= 11 is 0. The van der Waals surface area contributed by atoms with E-state index in [9.17, 15) is 4.79 Å². The van der Waals surface area contributed by atoms with Crippen LogP contribution >= 0.6 is 0 Å². The standard InChI is InChI=1S/C10H14O/c1-7(8-2-3-8)6-10(11)9-4-5-9/h6,8-9H,2-5H2,1H3. The Kier molecular flexibility index (Phi) is 1.59. The minimum Gasteiger partial charge on any atom is -0.295 e. The van der Waals surface area contributed by atoms with Crippen molar-refractivity contribution in [3.8, 4) is 0 Å². The molecule has 60 valence electrons. The Bertz CT molecular complexity index is 207. The fraction of sp³-hybridized carbons (Fsp3) is 0.700. The van der Waals surface area contributed by atoms with Gasteiger partial charge in [0.1, 0.15) is 0 Å². The lowest BCUT2D eigenvalue weighted by molar-refractivity contribution is -0.115. The molecule has 0 aromatic rings. The van der Waals surface area contributed by atoms with Crippen molar-refractivity contribution >= 4 is 5.78 Å². The van der Waals surface area contributed by atoms with Crippen LogP contribution < -0.4 is 0 Å². The third kappa shape index (κ3) is 1.70. The maximum atomic E-state index is 11.3. The van der Waals surface area contributed by atoms with Gasteiger partial charge in [-0.2, -0.15) is 0 Å². The van der Waals surface area contributed by atoms with Gasteiger partial charge in [-0.25, -0.2) is 0 Å². The molecule has 0 saturated heterocycles. The molecule has 0 aromatic heterocycles. The zero-order valence-electron chi connectivity index (χ0n) is 6.97. The van der Waals surface area contributed by atoms with Crippen molar-refractivity contribution in [2.45, 2.75) is 32.6 Å². The zero-order valence-corrected chi connectivity index (χ0v) is 6.97. The fourth-order valence-electron chi connectivity index (χ4n) is 1.37. The Morgan fingerprint density at radius 2 is 1.73 bits per heavy atom. The third-order valence-corrected chi connectivity index (χ3v) is 2.57. The number of hydrogen-bond acceptors (Lipinski definition) is 1. The lowest BCUT2D eigenvalue weighted by Crippen LogP contribution is -1.96. The van der Waals surface area contributed by atoms with Gasteiger partial charge in [0.2, 0.25) is 0 Å². The highest BCUT2D eigenvalue weighted by molar-refractivity contribution is 5.94. The Morgan fingerprint density at radius 3 is 2.18 bits per heavy atom. The highest BCUT2D eigenvalue weighted by Crippen LogP contribution is 2.37. The SMILES string of the molecule is CC(=CC(=O)C1CC1)C1CC1. The van der Waals surface area contributed by atoms with Crippen LogP contribution in [0.1, 0.15) is 32.6 Å². The van der Waals surface area contributed by atoms with Crippen molar-refractivity contribution in [3.63, 3.8) is 0 Å². The van der Waals surface area contributed by atoms with Gasteiger partial charge < -0.3 is 0 Å². The average Bonchev–Trinajstić information content (AvgIpc) is 2.84. The summed E-state index contributed by atoms with van der Waals surface area (Å²) in [5, 5.41) is 0. The van der Waals surface area contributed by atoms with E-state index in [2.05, 4.69) is 6.92 Å². The number of ketones is 1. The third-order valence-electron chi connectivity index (χ3n) is 2.57. The summed E-state index contributed by atoms with van der Waals surface area (Å²) in [5.41, 5.74) is 1.32. The number of rotatable bonds is 3. The van der Waals surface area contributed by atoms with Gasteiger partial charge in [0.05, 0.1) is 0 Å². The van der Waals surface area contributed by atoms with Crippen molar-refractivity contribution in [2.24, 2.45) is 11.8 Å². The number of carbonyl (C=O) groups excluding carboxylic acids is 1. The van der Waals surface area contributed by atoms with E-state index in [0.717, 1.165) is 18.8 Å². The summed E-state index contributed by atoms with van der Waals surface area (Å²) in [6.45, 7) is 2.10. The topological polar surface area (TPSA) is 17.1 Å². The van der Waals surface area contributed by atoms with Gasteiger partial charge in [0.15, 0.2) is 5.78 Å². The summed E-state index contributed by atoms with van der Waals surface area (Å²) in [7, 11) is 0. The van der Waals surface area contributed by atoms with Crippen LogP contribution in [0.2, 0.25) is 0 Å². The molecule has 0 aromatic carbocycles. The van der Waals surface area contributed by atoms with Gasteiger partial charge >= 0.3 is 0 Å². The smallest absolute Gasteiger partial charge is 0.158 e. The summed E-state index contributed by atoms with van der Waals surface area (Å²) in [6, 6.07) is 0. The summed E-state index contributed by atoms with van der Waals surface area (Å²) in [6.07, 6.45) is 6.76. The van der Waals surface area contributed by atoms with E-state index in [1.807, 2.05) is 6.08 Å². The summed E-state index contributed by atoms with van der Waals surface area (Å²) in [4.78, 5) is 11.3. The van der Waals surface area contributed by atoms with Gasteiger partial charge in [-0.05, 0) is 44.6 Å². The Labute approximate surface area is 67.5 Å². The Morgan fingerprint density at radius 1 is 1.18 bits per heavy atom. The predicted molar refractivity (Wildman–Crippen MR) is 44.2 cm³/mol. The molecule has 0 spiro atoms. The molecule has 0 unspecified atom stereocenters. The van der Waals surface area contributed by atoms with Crippen LogP contribution in [0.4, 0.5) is 0 Å². The van der Waals surface area contributed by atoms with Crippen molar-refractivity contribution in [1.29, 1.82) is 0 Å². The van der Waals surface area contributed by atoms with Crippen LogP contribution in [-0.2, 0) is 4.79 Å². The first-order valence-electron chi connectivity index (χ1n) is 4.49. The largest absolute Gasteiger partial charge is 0.295 e. The first kappa shape index (κ1) is 7.08. The molecule has 0 radical (unpaired) electrons. The molecule has 1 heteroatoms. The second kappa shape index (κ2) is 2.47. The lowest BCUT2D eigenvalue weighted by atomic mass is 10.1. The molecule has 2 aliphatic rings. The van der Waals surface area contributed by atoms with Crippen LogP contribution in [0.3, 0.4) is 0 Å². The summed E-state index contributed by atoms with van der Waals surface area (Å²) < 4.78 is 0. The molecule has 2 rings (SSSR count). The van der Waals surface area contributed by atoms with Gasteiger partial charge in [-0.15, -0.1) is 0 Å². The van der Waals surface area contributed by atoms with Crippen molar-refractivity contribution in [3.05, 3.63) is 11.6 Å². The average molecular weight is 150 g/mol. The first-order chi connectivity index (χ1) is 5.27. The molecular formula is C10H14O. The molecule has 11 heavy (non-hydrogen) atoms. The van der Waals surface area contributed by atoms with Gasteiger partial charge in [0.25, 0.3) is 0 Å². The minimum absolute atomic E-state index is 0.384. The predicted octanol–water partition coefficient (Wildman–Crippen LogP) is 2.32. The molecule has 0 N–H and O–H groups in total. The van der Waals surface area contributed by atoms with E-state index in [0.29, 0.717) is 11.7 Å². The molecule has 2 saturated carbocycles. The van der Waals surface area contributed by atoms with E-state index in [4.69, 9.17) is 0 Å². The lowest BCUT2D eigenvalue weighted by Gasteiger charge is -1.94. The molecular weight excluding hydrogens is 136 g/mol. The first-order valence-corrected chi connectivity index (χ1v) is 4.49. The molecule has 0 atom stereocenters. The van der Waals surface area contributed by atoms with E-state index >= 15 is 0 Å². The highest BCUT2D eigenvalue weighted by atomic mass is 16.1. The van der Waals surface area contributed by atoms with Crippen molar-refractivity contribution in [2.75, 3.05) is 0 Å². The second-order valence-electron chi connectivity index (χ2n) is 3.84. The maximum Gasteiger partial charge on any atom is 0.158 e. The van der Waals surface area contributed by atoms with E-state index in [1.165, 1.54) is 18.4 Å². The summed E-state index contributed by atoms with van der Waals surface area (Å²) in [5.74, 6) is 1.55. The molecule has 2 fully saturated rings. The monoisotopic (exact) mass is 150 g/mol. The van der Waals surface area contributed by atoms with Crippen molar-refractivity contribution < 1.29 is 4.79 Å². The molecule has 0 bridgehead atoms. The Hall–Kier alpha value is -0.590. The van der Waals surface area contributed by atoms with Crippen LogP contribution in [0, 0.1) is 11.8 Å². The van der Waals surface area contributed by atoms with E-state index in [-0.39, 0.29) is 0 Å². The molecule has 1 nitrogen and oxygen atoms in total. The fourth-order valence-corrected chi connectivity index (χ4v) is 1.37. The highest BCUT2D eigenvalue weighted by Gasteiger charge is 2.30. The van der Waals surface area contributed by atoms with E-state index in [1.54, 1.807) is 0 Å². The maximum absolute atomic E-state index is 11.3. The zero-order chi connectivity index (χ0) is 7.84. The van der Waals surface area contributed by atoms with Crippen LogP contribution in [0.15, 0.2) is 11.6 Å². The minimum atomic E-state index is 0.384. The normalized spacial score (nSPS) is 25.4. The molecule has 0 heterocycles. The van der Waals surface area contributed by atoms with Crippen molar-refractivity contribution in [1.82, 2.24) is 0 Å². The number of hydrogen-bond donors (Lipinski definition) is 0. The van der Waals surface area contributed by atoms with Gasteiger partial charge in [-0.1, -0.05) is 5.57 Å². The quantitative estimate of drug-likeness (QED) is 0.564. The van der Waals surface area contributed by atoms with Crippen LogP contribution in [0.25, 0.3) is 0 Å². The molecule has 2 aliphatic carbocycles. The number of allylic oxidation sites excluding steroid dienone is 2. The van der Waals surface area contributed by atoms with Gasteiger partial charge in [-0.3, -0.25) is 4.79 Å². The molecule has 0 aliphatic heterocycles. The Balaban J connectivity index is 1.93. The van der Waals surface area contributed by atoms with E-state index < -0.39 is 0 Å². The van der Waals surface area contributed by atoms with Crippen LogP contribution in [-0.4, -0.2) is 5.78 Å². The van der Waals surface area contributed by atoms with Gasteiger partial charge in [0, 0.05) is 5.92 Å².